The van der Waals surface area contributed by atoms with E-state index in [9.17, 15) is 0 Å². The zero-order valence-electron chi connectivity index (χ0n) is 33.9. The van der Waals surface area contributed by atoms with Crippen molar-refractivity contribution in [2.75, 3.05) is 0 Å². The Balaban J connectivity index is 1.01. The van der Waals surface area contributed by atoms with Crippen LogP contribution in [0.25, 0.3) is 111 Å². The summed E-state index contributed by atoms with van der Waals surface area (Å²) in [4.78, 5) is 18.3. The maximum absolute atomic E-state index is 5.29. The lowest BCUT2D eigenvalue weighted by atomic mass is 9.96. The van der Waals surface area contributed by atoms with E-state index in [2.05, 4.69) is 221 Å². The molecule has 0 saturated carbocycles. The Hall–Kier alpha value is -8.06. The predicted molar refractivity (Wildman–Crippen MR) is 260 cm³/mol. The molecule has 0 aliphatic carbocycles. The van der Waals surface area contributed by atoms with Gasteiger partial charge in [-0.05, 0) is 106 Å². The normalized spacial score (nSPS) is 12.1. The zero-order chi connectivity index (χ0) is 41.4. The summed E-state index contributed by atoms with van der Waals surface area (Å²) in [7, 11) is 0. The Morgan fingerprint density at radius 3 is 1.68 bits per heavy atom. The first kappa shape index (κ1) is 35.7. The van der Waals surface area contributed by atoms with Crippen LogP contribution < -0.4 is 0 Å². The van der Waals surface area contributed by atoms with E-state index in [0.29, 0.717) is 17.5 Å². The number of rotatable bonds is 6. The van der Waals surface area contributed by atoms with Crippen molar-refractivity contribution < 1.29 is 0 Å². The summed E-state index contributed by atoms with van der Waals surface area (Å²) in [5.74, 6) is 1.86. The van der Waals surface area contributed by atoms with Gasteiger partial charge in [-0.3, -0.25) is 9.13 Å². The van der Waals surface area contributed by atoms with Gasteiger partial charge in [-0.1, -0.05) is 151 Å². The molecule has 0 bridgehead atoms. The number of benzene rings is 9. The molecule has 0 spiro atoms. The quantitative estimate of drug-likeness (QED) is 0.168. The van der Waals surface area contributed by atoms with Crippen molar-refractivity contribution >= 4 is 55.4 Å². The van der Waals surface area contributed by atoms with Crippen molar-refractivity contribution in [3.8, 4) is 67.8 Å². The number of para-hydroxylation sites is 3. The molecule has 0 fully saturated rings. The zero-order valence-corrected chi connectivity index (χ0v) is 34.7. The molecule has 0 amide bonds. The van der Waals surface area contributed by atoms with Crippen LogP contribution in [0, 0.1) is 0 Å². The molecule has 0 unspecified atom stereocenters. The third-order valence-electron chi connectivity index (χ3n) is 12.3. The smallest absolute Gasteiger partial charge is 0.164 e. The molecule has 3 aromatic heterocycles. The minimum absolute atomic E-state index is 0.614. The Labute approximate surface area is 367 Å². The number of hydrogen-bond donors (Lipinski definition) is 0. The van der Waals surface area contributed by atoms with Gasteiger partial charge in [0.25, 0.3) is 0 Å². The van der Waals surface area contributed by atoms with Crippen LogP contribution in [-0.2, 0) is 0 Å². The van der Waals surface area contributed by atoms with Crippen LogP contribution in [0.3, 0.4) is 0 Å². The largest absolute Gasteiger partial charge is 0.295 e. The lowest BCUT2D eigenvalue weighted by Gasteiger charge is -2.21. The van der Waals surface area contributed by atoms with Crippen LogP contribution in [0.5, 0.6) is 0 Å². The van der Waals surface area contributed by atoms with Crippen molar-refractivity contribution in [2.45, 2.75) is 9.79 Å². The first-order valence-corrected chi connectivity index (χ1v) is 22.0. The van der Waals surface area contributed by atoms with E-state index in [1.165, 1.54) is 42.5 Å². The van der Waals surface area contributed by atoms with E-state index >= 15 is 0 Å². The summed E-state index contributed by atoms with van der Waals surface area (Å²) in [6, 6.07) is 75.5. The minimum Gasteiger partial charge on any atom is -0.295 e. The monoisotopic (exact) mass is 821 g/mol. The van der Waals surface area contributed by atoms with Crippen molar-refractivity contribution in [2.24, 2.45) is 0 Å². The van der Waals surface area contributed by atoms with Gasteiger partial charge in [0.1, 0.15) is 5.65 Å². The lowest BCUT2D eigenvalue weighted by molar-refractivity contribution is 1.03. The highest BCUT2D eigenvalue weighted by atomic mass is 32.2. The average Bonchev–Trinajstić information content (AvgIpc) is 3.88. The van der Waals surface area contributed by atoms with Crippen LogP contribution >= 0.6 is 11.8 Å². The van der Waals surface area contributed by atoms with Crippen molar-refractivity contribution in [1.29, 1.82) is 0 Å². The summed E-state index contributed by atoms with van der Waals surface area (Å²) >= 11 is 1.85. The van der Waals surface area contributed by atoms with Crippen LogP contribution in [0.15, 0.2) is 222 Å². The van der Waals surface area contributed by atoms with Gasteiger partial charge in [-0.25, -0.2) is 15.0 Å². The van der Waals surface area contributed by atoms with E-state index in [-0.39, 0.29) is 0 Å². The second-order valence-corrected chi connectivity index (χ2v) is 17.1. The Kier molecular flexibility index (Phi) is 8.08. The van der Waals surface area contributed by atoms with Crippen molar-refractivity contribution in [1.82, 2.24) is 24.1 Å². The fraction of sp³-hybridized carbons (Fsp3) is 0. The molecule has 294 valence electrons. The molecule has 9 aromatic carbocycles. The van der Waals surface area contributed by atoms with Gasteiger partial charge in [0, 0.05) is 48.3 Å². The molecule has 0 radical (unpaired) electrons. The fourth-order valence-electron chi connectivity index (χ4n) is 9.39. The van der Waals surface area contributed by atoms with Crippen LogP contribution in [0.1, 0.15) is 0 Å². The topological polar surface area (TPSA) is 48.5 Å². The Morgan fingerprint density at radius 2 is 0.921 bits per heavy atom. The molecule has 0 saturated heterocycles. The minimum atomic E-state index is 0.614. The van der Waals surface area contributed by atoms with Crippen LogP contribution in [-0.4, -0.2) is 24.1 Å². The van der Waals surface area contributed by atoms with E-state index < -0.39 is 0 Å². The van der Waals surface area contributed by atoms with Gasteiger partial charge < -0.3 is 0 Å². The van der Waals surface area contributed by atoms with Gasteiger partial charge >= 0.3 is 0 Å². The molecule has 0 atom stereocenters. The highest BCUT2D eigenvalue weighted by Gasteiger charge is 2.27. The molecule has 1 aliphatic heterocycles. The highest BCUT2D eigenvalue weighted by Crippen LogP contribution is 2.49. The van der Waals surface area contributed by atoms with E-state index in [4.69, 9.17) is 15.0 Å². The molecule has 1 aliphatic rings. The Morgan fingerprint density at radius 1 is 0.349 bits per heavy atom. The first-order chi connectivity index (χ1) is 31.2. The Bertz CT molecular complexity index is 3700. The van der Waals surface area contributed by atoms with Crippen molar-refractivity contribution in [3.05, 3.63) is 212 Å². The third kappa shape index (κ3) is 5.83. The summed E-state index contributed by atoms with van der Waals surface area (Å²) in [5, 5.41) is 6.07. The molecule has 4 heterocycles. The fourth-order valence-corrected chi connectivity index (χ4v) is 10.5. The maximum atomic E-state index is 5.29. The summed E-state index contributed by atoms with van der Waals surface area (Å²) in [5.41, 5.74) is 13.1. The number of aromatic nitrogens is 5. The second kappa shape index (κ2) is 14.3. The number of fused-ring (bicyclic) bond motifs is 8. The molecular formula is C57H35N5S. The van der Waals surface area contributed by atoms with Gasteiger partial charge in [-0.2, -0.15) is 0 Å². The molecule has 12 aromatic rings. The van der Waals surface area contributed by atoms with E-state index in [1.807, 2.05) is 11.8 Å². The average molecular weight is 822 g/mol. The molecule has 6 heteroatoms. The van der Waals surface area contributed by atoms with Crippen LogP contribution in [0.4, 0.5) is 0 Å². The van der Waals surface area contributed by atoms with Gasteiger partial charge in [-0.15, -0.1) is 0 Å². The summed E-state index contributed by atoms with van der Waals surface area (Å²) in [6.45, 7) is 0. The summed E-state index contributed by atoms with van der Waals surface area (Å²) < 4.78 is 4.89. The van der Waals surface area contributed by atoms with E-state index in [1.54, 1.807) is 0 Å². The summed E-state index contributed by atoms with van der Waals surface area (Å²) in [6.07, 6.45) is 0. The molecule has 5 nitrogen and oxygen atoms in total. The molecule has 13 rings (SSSR count). The number of hydrogen-bond acceptors (Lipinski definition) is 4. The number of nitrogens with zero attached hydrogens (tertiary/aromatic N) is 5. The SMILES string of the molecule is c1ccc(-c2cc(-c3ccccc3)cc(-c3nc(-c4ccc(-n5c6ccccc6c6c7cccc8c7n(c65)-c5ccccc5S8)cc4)nc(-c4ccc5ccccc5c4)n3)c2)cc1. The second-order valence-electron chi connectivity index (χ2n) is 16.1. The van der Waals surface area contributed by atoms with E-state index in [0.717, 1.165) is 61.2 Å². The first-order valence-electron chi connectivity index (χ1n) is 21.2. The lowest BCUT2D eigenvalue weighted by Crippen LogP contribution is -2.05. The highest BCUT2D eigenvalue weighted by molar-refractivity contribution is 7.99. The molecular weight excluding hydrogens is 787 g/mol. The van der Waals surface area contributed by atoms with Crippen LogP contribution in [0.2, 0.25) is 0 Å². The standard InChI is InChI=1S/C57H35N5S/c1-3-14-36(15-4-1)42-33-43(37-16-5-2-6-17-37)35-44(34-42)56-59-54(58-55(60-56)41-27-26-38-18-7-8-19-40(38)32-41)39-28-30-45(31-29-39)61-48-22-10-9-20-46(48)52-47-21-13-25-51-53(47)62(57(52)61)49-23-11-12-24-50(49)63-51/h1-35H. The van der Waals surface area contributed by atoms with Gasteiger partial charge in [0.15, 0.2) is 17.5 Å². The maximum Gasteiger partial charge on any atom is 0.164 e. The molecule has 0 N–H and O–H groups in total. The van der Waals surface area contributed by atoms with Gasteiger partial charge in [0.05, 0.1) is 16.7 Å². The third-order valence-corrected chi connectivity index (χ3v) is 13.4. The van der Waals surface area contributed by atoms with Crippen molar-refractivity contribution in [3.63, 3.8) is 0 Å². The predicted octanol–water partition coefficient (Wildman–Crippen LogP) is 14.9. The molecule has 63 heavy (non-hydrogen) atoms. The van der Waals surface area contributed by atoms with Gasteiger partial charge in [0.2, 0.25) is 0 Å².